The first-order valence-electron chi connectivity index (χ1n) is 2.24. The van der Waals surface area contributed by atoms with Crippen LogP contribution in [0.3, 0.4) is 0 Å². The summed E-state index contributed by atoms with van der Waals surface area (Å²) in [7, 11) is 0. The lowest BCUT2D eigenvalue weighted by atomic mass is 10.2. The van der Waals surface area contributed by atoms with Crippen molar-refractivity contribution in [1.82, 2.24) is 0 Å². The molecule has 0 fully saturated rings. The van der Waals surface area contributed by atoms with Crippen molar-refractivity contribution in [2.75, 3.05) is 0 Å². The van der Waals surface area contributed by atoms with Gasteiger partial charge in [-0.05, 0) is 6.92 Å². The number of hydrogen-bond acceptors (Lipinski definition) is 2. The van der Waals surface area contributed by atoms with E-state index < -0.39 is 0 Å². The van der Waals surface area contributed by atoms with E-state index in [-0.39, 0.29) is 15.5 Å². The first-order chi connectivity index (χ1) is 3.55. The Hall–Kier alpha value is 0.0700. The molecule has 0 aliphatic carbocycles. The summed E-state index contributed by atoms with van der Waals surface area (Å²) in [6.07, 6.45) is 0. The van der Waals surface area contributed by atoms with Crippen LogP contribution in [0.2, 0.25) is 0 Å². The summed E-state index contributed by atoms with van der Waals surface area (Å²) in [4.78, 5) is 20.7. The average molecular weight is 226 g/mol. The Kier molecular flexibility index (Phi) is 3.19. The maximum absolute atomic E-state index is 10.5. The third-order valence-electron chi connectivity index (χ3n) is 0.708. The minimum Gasteiger partial charge on any atom is -0.291 e. The van der Waals surface area contributed by atoms with Crippen LogP contribution in [0.5, 0.6) is 0 Å². The molecule has 0 aliphatic heterocycles. The largest absolute Gasteiger partial charge is 0.291 e. The summed E-state index contributed by atoms with van der Waals surface area (Å²) < 4.78 is -0.176. The molecule has 0 N–H and O–H groups in total. The van der Waals surface area contributed by atoms with Gasteiger partial charge in [-0.3, -0.25) is 9.59 Å². The second kappa shape index (κ2) is 3.17. The molecule has 0 radical (unpaired) electrons. The number of carbonyl (C=O) groups excluding carboxylic acids is 2. The zero-order valence-corrected chi connectivity index (χ0v) is 6.93. The van der Waals surface area contributed by atoms with Crippen LogP contribution < -0.4 is 0 Å². The van der Waals surface area contributed by atoms with E-state index in [4.69, 9.17) is 0 Å². The molecule has 8 heavy (non-hydrogen) atoms. The summed E-state index contributed by atoms with van der Waals surface area (Å²) >= 11 is 1.91. The van der Waals surface area contributed by atoms with E-state index in [2.05, 4.69) is 0 Å². The van der Waals surface area contributed by atoms with E-state index in [0.29, 0.717) is 0 Å². The minimum absolute atomic E-state index is 0.176. The molecule has 0 aromatic rings. The Morgan fingerprint density at radius 3 is 1.88 bits per heavy atom. The summed E-state index contributed by atoms with van der Waals surface area (Å²) in [6, 6.07) is 0. The summed E-state index contributed by atoms with van der Waals surface area (Å²) in [5.41, 5.74) is 0. The van der Waals surface area contributed by atoms with E-state index in [9.17, 15) is 9.59 Å². The third kappa shape index (κ3) is 2.40. The molecular weight excluding hydrogens is 219 g/mol. The number of hydrogen-bond donors (Lipinski definition) is 0. The molecule has 46 valence electrons. The van der Waals surface area contributed by atoms with Crippen LogP contribution >= 0.6 is 22.6 Å². The fourth-order valence-electron chi connectivity index (χ4n) is 0.280. The number of carbonyl (C=O) groups is 2. The molecule has 0 saturated carbocycles. The van der Waals surface area contributed by atoms with E-state index in [1.54, 1.807) is 6.92 Å². The lowest BCUT2D eigenvalue weighted by Gasteiger charge is -1.93. The molecule has 0 aromatic carbocycles. The van der Waals surface area contributed by atoms with E-state index in [0.717, 1.165) is 0 Å². The summed E-state index contributed by atoms with van der Waals surface area (Å²) in [5.74, 6) is -0.655. The number of alkyl halides is 1. The number of Topliss-reactive ketones (excluding diaryl/α,β-unsaturated/α-hetero) is 2. The molecule has 0 bridgehead atoms. The van der Waals surface area contributed by atoms with Gasteiger partial charge >= 0.3 is 0 Å². The van der Waals surface area contributed by atoms with Crippen LogP contribution in [0.4, 0.5) is 0 Å². The van der Waals surface area contributed by atoms with E-state index >= 15 is 0 Å². The quantitative estimate of drug-likeness (QED) is 0.399. The van der Waals surface area contributed by atoms with Crippen LogP contribution in [0.25, 0.3) is 0 Å². The van der Waals surface area contributed by atoms with Gasteiger partial charge < -0.3 is 0 Å². The second-order valence-corrected chi connectivity index (χ2v) is 3.40. The molecule has 0 heterocycles. The SMILES string of the molecule is CC(=O)C(=O)C(C)I. The highest BCUT2D eigenvalue weighted by Crippen LogP contribution is 1.99. The molecule has 0 aliphatic rings. The molecule has 0 saturated heterocycles. The van der Waals surface area contributed by atoms with E-state index in [1.807, 2.05) is 22.6 Å². The van der Waals surface area contributed by atoms with Crippen molar-refractivity contribution in [2.45, 2.75) is 17.8 Å². The predicted molar refractivity (Wildman–Crippen MR) is 39.2 cm³/mol. The number of ketones is 2. The second-order valence-electron chi connectivity index (χ2n) is 1.54. The van der Waals surface area contributed by atoms with Crippen molar-refractivity contribution in [3.05, 3.63) is 0 Å². The van der Waals surface area contributed by atoms with Gasteiger partial charge in [-0.25, -0.2) is 0 Å². The minimum atomic E-state index is -0.355. The van der Waals surface area contributed by atoms with Crippen molar-refractivity contribution in [3.63, 3.8) is 0 Å². The maximum atomic E-state index is 10.5. The number of halogens is 1. The fraction of sp³-hybridized carbons (Fsp3) is 0.600. The molecule has 2 nitrogen and oxygen atoms in total. The van der Waals surface area contributed by atoms with Crippen LogP contribution in [0.15, 0.2) is 0 Å². The van der Waals surface area contributed by atoms with Gasteiger partial charge in [0.2, 0.25) is 5.78 Å². The predicted octanol–water partition coefficient (Wildman–Crippen LogP) is 0.968. The van der Waals surface area contributed by atoms with Gasteiger partial charge in [0.25, 0.3) is 0 Å². The normalized spacial score (nSPS) is 12.9. The van der Waals surface area contributed by atoms with Crippen molar-refractivity contribution in [2.24, 2.45) is 0 Å². The topological polar surface area (TPSA) is 34.1 Å². The Bertz CT molecular complexity index is 118. The molecule has 0 spiro atoms. The van der Waals surface area contributed by atoms with Gasteiger partial charge in [0, 0.05) is 6.92 Å². The molecule has 1 unspecified atom stereocenters. The zero-order valence-electron chi connectivity index (χ0n) is 4.77. The molecule has 0 aromatic heterocycles. The van der Waals surface area contributed by atoms with Gasteiger partial charge in [0.05, 0.1) is 3.92 Å². The van der Waals surface area contributed by atoms with Gasteiger partial charge in [0.15, 0.2) is 5.78 Å². The Morgan fingerprint density at radius 2 is 1.88 bits per heavy atom. The zero-order chi connectivity index (χ0) is 6.73. The lowest BCUT2D eigenvalue weighted by molar-refractivity contribution is -0.134. The first kappa shape index (κ1) is 8.07. The Balaban J connectivity index is 3.84. The molecular formula is C5H7IO2. The van der Waals surface area contributed by atoms with Gasteiger partial charge in [-0.15, -0.1) is 0 Å². The van der Waals surface area contributed by atoms with Crippen LogP contribution in [0.1, 0.15) is 13.8 Å². The average Bonchev–Trinajstić information content (AvgIpc) is 1.64. The van der Waals surface area contributed by atoms with Crippen LogP contribution in [0, 0.1) is 0 Å². The van der Waals surface area contributed by atoms with Crippen molar-refractivity contribution >= 4 is 34.2 Å². The van der Waals surface area contributed by atoms with Gasteiger partial charge in [-0.1, -0.05) is 22.6 Å². The summed E-state index contributed by atoms with van der Waals surface area (Å²) in [5, 5.41) is 0. The summed E-state index contributed by atoms with van der Waals surface area (Å²) in [6.45, 7) is 2.99. The van der Waals surface area contributed by atoms with Crippen molar-refractivity contribution < 1.29 is 9.59 Å². The fourth-order valence-corrected chi connectivity index (χ4v) is 0.719. The number of rotatable bonds is 2. The first-order valence-corrected chi connectivity index (χ1v) is 3.49. The smallest absolute Gasteiger partial charge is 0.210 e. The van der Waals surface area contributed by atoms with Crippen LogP contribution in [-0.2, 0) is 9.59 Å². The molecule has 0 amide bonds. The molecule has 1 atom stereocenters. The highest BCUT2D eigenvalue weighted by molar-refractivity contribution is 14.1. The van der Waals surface area contributed by atoms with Crippen molar-refractivity contribution in [3.8, 4) is 0 Å². The van der Waals surface area contributed by atoms with E-state index in [1.165, 1.54) is 6.92 Å². The van der Waals surface area contributed by atoms with Gasteiger partial charge in [-0.2, -0.15) is 0 Å². The third-order valence-corrected chi connectivity index (χ3v) is 1.27. The molecule has 0 rings (SSSR count). The highest BCUT2D eigenvalue weighted by atomic mass is 127. The molecule has 3 heteroatoms. The van der Waals surface area contributed by atoms with Gasteiger partial charge in [0.1, 0.15) is 0 Å². The maximum Gasteiger partial charge on any atom is 0.210 e. The Morgan fingerprint density at radius 1 is 1.50 bits per heavy atom. The monoisotopic (exact) mass is 226 g/mol. The van der Waals surface area contributed by atoms with Crippen LogP contribution in [-0.4, -0.2) is 15.5 Å². The van der Waals surface area contributed by atoms with Crippen molar-refractivity contribution in [1.29, 1.82) is 0 Å². The Labute approximate surface area is 61.8 Å². The highest BCUT2D eigenvalue weighted by Gasteiger charge is 2.12. The lowest BCUT2D eigenvalue weighted by Crippen LogP contribution is -2.17. The standard InChI is InChI=1S/C5H7IO2/c1-3(6)5(8)4(2)7/h3H,1-2H3.